The topological polar surface area (TPSA) is 100.0 Å². The SMILES string of the molecule is C=C(N=C/C(=C\N)[N+](=O)[O-])Oc1ccc(C)c(OCC)c1. The highest BCUT2D eigenvalue weighted by Gasteiger charge is 2.06. The van der Waals surface area contributed by atoms with Gasteiger partial charge in [-0.15, -0.1) is 0 Å². The van der Waals surface area contributed by atoms with Gasteiger partial charge in [0.15, 0.2) is 0 Å². The van der Waals surface area contributed by atoms with Crippen LogP contribution in [0.2, 0.25) is 0 Å². The number of hydrogen-bond acceptors (Lipinski definition) is 6. The highest BCUT2D eigenvalue weighted by atomic mass is 16.6. The molecule has 21 heavy (non-hydrogen) atoms. The average molecular weight is 291 g/mol. The van der Waals surface area contributed by atoms with E-state index in [1.165, 1.54) is 0 Å². The van der Waals surface area contributed by atoms with Gasteiger partial charge in [-0.25, -0.2) is 4.99 Å². The van der Waals surface area contributed by atoms with Crippen molar-refractivity contribution in [1.82, 2.24) is 0 Å². The number of benzene rings is 1. The van der Waals surface area contributed by atoms with Crippen LogP contribution in [0.25, 0.3) is 0 Å². The van der Waals surface area contributed by atoms with Crippen molar-refractivity contribution in [2.24, 2.45) is 10.7 Å². The lowest BCUT2D eigenvalue weighted by atomic mass is 10.2. The van der Waals surface area contributed by atoms with Crippen LogP contribution in [0.3, 0.4) is 0 Å². The zero-order chi connectivity index (χ0) is 15.8. The van der Waals surface area contributed by atoms with Crippen LogP contribution >= 0.6 is 0 Å². The number of nitrogens with zero attached hydrogens (tertiary/aromatic N) is 2. The first-order valence-corrected chi connectivity index (χ1v) is 6.18. The summed E-state index contributed by atoms with van der Waals surface area (Å²) in [6.07, 6.45) is 1.82. The van der Waals surface area contributed by atoms with Crippen LogP contribution in [0.15, 0.2) is 47.6 Å². The summed E-state index contributed by atoms with van der Waals surface area (Å²) < 4.78 is 10.8. The number of rotatable bonds is 7. The second-order valence-corrected chi connectivity index (χ2v) is 3.96. The smallest absolute Gasteiger partial charge is 0.302 e. The summed E-state index contributed by atoms with van der Waals surface area (Å²) in [6, 6.07) is 5.26. The third kappa shape index (κ3) is 4.98. The van der Waals surface area contributed by atoms with Crippen molar-refractivity contribution in [3.63, 3.8) is 0 Å². The average Bonchev–Trinajstić information content (AvgIpc) is 2.43. The van der Waals surface area contributed by atoms with E-state index in [4.69, 9.17) is 15.2 Å². The van der Waals surface area contributed by atoms with E-state index in [0.717, 1.165) is 18.0 Å². The zero-order valence-corrected chi connectivity index (χ0v) is 11.9. The summed E-state index contributed by atoms with van der Waals surface area (Å²) in [7, 11) is 0. The molecule has 1 aromatic rings. The van der Waals surface area contributed by atoms with E-state index in [2.05, 4.69) is 11.6 Å². The van der Waals surface area contributed by atoms with Crippen molar-refractivity contribution in [2.75, 3.05) is 6.61 Å². The first kappa shape index (κ1) is 16.2. The summed E-state index contributed by atoms with van der Waals surface area (Å²) in [5.74, 6) is 1.17. The fourth-order valence-electron chi connectivity index (χ4n) is 1.41. The predicted octanol–water partition coefficient (Wildman–Crippen LogP) is 2.39. The van der Waals surface area contributed by atoms with Crippen molar-refractivity contribution < 1.29 is 14.4 Å². The Kier molecular flexibility index (Phi) is 5.94. The van der Waals surface area contributed by atoms with Gasteiger partial charge in [0.1, 0.15) is 17.7 Å². The van der Waals surface area contributed by atoms with E-state index in [9.17, 15) is 10.1 Å². The van der Waals surface area contributed by atoms with Gasteiger partial charge in [0, 0.05) is 6.07 Å². The molecule has 0 aliphatic heterocycles. The lowest BCUT2D eigenvalue weighted by molar-refractivity contribution is -0.414. The van der Waals surface area contributed by atoms with Crippen molar-refractivity contribution in [2.45, 2.75) is 13.8 Å². The Labute approximate surface area is 122 Å². The van der Waals surface area contributed by atoms with Crippen LogP contribution in [0.5, 0.6) is 11.5 Å². The summed E-state index contributed by atoms with van der Waals surface area (Å²) in [4.78, 5) is 13.6. The van der Waals surface area contributed by atoms with Gasteiger partial charge < -0.3 is 15.2 Å². The monoisotopic (exact) mass is 291 g/mol. The van der Waals surface area contributed by atoms with Crippen molar-refractivity contribution in [3.05, 3.63) is 58.2 Å². The summed E-state index contributed by atoms with van der Waals surface area (Å²) in [5.41, 5.74) is 5.72. The minimum atomic E-state index is -0.657. The van der Waals surface area contributed by atoms with Crippen LogP contribution in [0.4, 0.5) is 0 Å². The quantitative estimate of drug-likeness (QED) is 0.360. The van der Waals surface area contributed by atoms with Gasteiger partial charge >= 0.3 is 5.70 Å². The number of ether oxygens (including phenoxy) is 2. The molecule has 0 atom stereocenters. The molecule has 0 saturated heterocycles. The lowest BCUT2D eigenvalue weighted by Crippen LogP contribution is -2.03. The highest BCUT2D eigenvalue weighted by Crippen LogP contribution is 2.25. The molecule has 0 radical (unpaired) electrons. The maximum absolute atomic E-state index is 10.5. The van der Waals surface area contributed by atoms with E-state index in [0.29, 0.717) is 18.1 Å². The third-order valence-corrected chi connectivity index (χ3v) is 2.42. The molecular formula is C14H17N3O4. The van der Waals surface area contributed by atoms with Crippen molar-refractivity contribution >= 4 is 6.21 Å². The maximum atomic E-state index is 10.5. The van der Waals surface area contributed by atoms with E-state index in [-0.39, 0.29) is 11.6 Å². The van der Waals surface area contributed by atoms with Crippen LogP contribution in [0, 0.1) is 17.0 Å². The number of allylic oxidation sites excluding steroid dienone is 1. The highest BCUT2D eigenvalue weighted by molar-refractivity contribution is 5.75. The first-order chi connectivity index (χ1) is 9.97. The summed E-state index contributed by atoms with van der Waals surface area (Å²) >= 11 is 0. The van der Waals surface area contributed by atoms with Gasteiger partial charge in [0.05, 0.1) is 17.7 Å². The largest absolute Gasteiger partial charge is 0.493 e. The van der Waals surface area contributed by atoms with Crippen molar-refractivity contribution in [1.29, 1.82) is 0 Å². The molecule has 1 aromatic carbocycles. The number of aryl methyl sites for hydroxylation is 1. The van der Waals surface area contributed by atoms with Gasteiger partial charge in [-0.2, -0.15) is 0 Å². The molecule has 0 saturated carbocycles. The molecule has 0 fully saturated rings. The molecule has 7 heteroatoms. The molecule has 112 valence electrons. The Morgan fingerprint density at radius 2 is 2.29 bits per heavy atom. The van der Waals surface area contributed by atoms with E-state index >= 15 is 0 Å². The maximum Gasteiger partial charge on any atom is 0.302 e. The number of hydrogen-bond donors (Lipinski definition) is 1. The Bertz CT molecular complexity index is 594. The molecule has 0 heterocycles. The van der Waals surface area contributed by atoms with Gasteiger partial charge in [-0.1, -0.05) is 6.07 Å². The van der Waals surface area contributed by atoms with Gasteiger partial charge in [0.25, 0.3) is 0 Å². The Morgan fingerprint density at radius 1 is 1.57 bits per heavy atom. The fraction of sp³-hybridized carbons (Fsp3) is 0.214. The van der Waals surface area contributed by atoms with Crippen LogP contribution in [-0.2, 0) is 0 Å². The Balaban J connectivity index is 2.77. The van der Waals surface area contributed by atoms with Crippen LogP contribution in [-0.4, -0.2) is 17.7 Å². The minimum Gasteiger partial charge on any atom is -0.493 e. The molecule has 0 aliphatic carbocycles. The number of nitro groups is 1. The number of aliphatic imine (C=N–C) groups is 1. The Morgan fingerprint density at radius 3 is 2.86 bits per heavy atom. The molecule has 0 spiro atoms. The molecule has 2 N–H and O–H groups in total. The molecule has 7 nitrogen and oxygen atoms in total. The molecule has 0 aromatic heterocycles. The fourth-order valence-corrected chi connectivity index (χ4v) is 1.41. The van der Waals surface area contributed by atoms with E-state index in [1.54, 1.807) is 12.1 Å². The summed E-state index contributed by atoms with van der Waals surface area (Å²) in [5, 5.41) is 10.5. The van der Waals surface area contributed by atoms with Crippen molar-refractivity contribution in [3.8, 4) is 11.5 Å². The van der Waals surface area contributed by atoms with Gasteiger partial charge in [-0.05, 0) is 32.1 Å². The second kappa shape index (κ2) is 7.68. The van der Waals surface area contributed by atoms with Gasteiger partial charge in [-0.3, -0.25) is 10.1 Å². The van der Waals surface area contributed by atoms with Crippen LogP contribution in [0.1, 0.15) is 12.5 Å². The van der Waals surface area contributed by atoms with Crippen LogP contribution < -0.4 is 15.2 Å². The third-order valence-electron chi connectivity index (χ3n) is 2.42. The van der Waals surface area contributed by atoms with E-state index in [1.807, 2.05) is 19.9 Å². The minimum absolute atomic E-state index is 0.00232. The second-order valence-electron chi connectivity index (χ2n) is 3.96. The van der Waals surface area contributed by atoms with E-state index < -0.39 is 4.92 Å². The number of nitrogens with two attached hydrogens (primary N) is 1. The zero-order valence-electron chi connectivity index (χ0n) is 11.9. The molecule has 0 amide bonds. The molecule has 1 rings (SSSR count). The molecule has 0 bridgehead atoms. The Hall–Kier alpha value is -2.83. The molecular weight excluding hydrogens is 274 g/mol. The predicted molar refractivity (Wildman–Crippen MR) is 79.9 cm³/mol. The molecule has 0 aliphatic rings. The molecule has 0 unspecified atom stereocenters. The lowest BCUT2D eigenvalue weighted by Gasteiger charge is -2.10. The first-order valence-electron chi connectivity index (χ1n) is 6.18. The summed E-state index contributed by atoms with van der Waals surface area (Å²) in [6.45, 7) is 7.90. The normalized spacial score (nSPS) is 11.4. The van der Waals surface area contributed by atoms with Gasteiger partial charge in [0.2, 0.25) is 5.88 Å². The standard InChI is InChI=1S/C14H17N3O4/c1-4-20-14-7-13(6-5-10(14)2)21-11(3)16-9-12(8-15)17(18)19/h5-9H,3-4,15H2,1-2H3/b12-8+,16-9?.